The predicted octanol–water partition coefficient (Wildman–Crippen LogP) is -0.891. The van der Waals surface area contributed by atoms with E-state index in [1.807, 2.05) is 22.6 Å². The average molecular weight is 580 g/mol. The number of alkyl halides is 1. The highest BCUT2D eigenvalue weighted by Crippen LogP contribution is 2.40. The SMILES string of the molecule is CCOC(=O)CON=C(C(=O)NC1C(=O)N2C(C(=O)O)=C(CI)CS[C@@H]12)c1noc(N)n1. The minimum atomic E-state index is -1.21. The number of aliphatic carboxylic acids is 1. The molecular formula is C16H17IN6O8S. The van der Waals surface area contributed by atoms with E-state index in [0.29, 0.717) is 15.8 Å². The van der Waals surface area contributed by atoms with Gasteiger partial charge in [0.2, 0.25) is 18.1 Å². The van der Waals surface area contributed by atoms with Crippen LogP contribution in [0.2, 0.25) is 0 Å². The van der Waals surface area contributed by atoms with E-state index in [0.717, 1.165) is 4.90 Å². The predicted molar refractivity (Wildman–Crippen MR) is 116 cm³/mol. The van der Waals surface area contributed by atoms with E-state index in [9.17, 15) is 24.3 Å². The zero-order chi connectivity index (χ0) is 23.4. The average Bonchev–Trinajstić information content (AvgIpc) is 3.19. The van der Waals surface area contributed by atoms with Gasteiger partial charge in [0, 0.05) is 10.2 Å². The van der Waals surface area contributed by atoms with Gasteiger partial charge in [-0.25, -0.2) is 9.59 Å². The molecule has 1 aromatic heterocycles. The summed E-state index contributed by atoms with van der Waals surface area (Å²) in [7, 11) is 0. The number of carboxylic acids is 1. The lowest BCUT2D eigenvalue weighted by Crippen LogP contribution is -2.71. The summed E-state index contributed by atoms with van der Waals surface area (Å²) >= 11 is 3.35. The molecule has 1 fully saturated rings. The molecule has 16 heteroatoms. The maximum atomic E-state index is 12.8. The molecule has 32 heavy (non-hydrogen) atoms. The Kier molecular flexibility index (Phi) is 7.54. The number of amides is 2. The minimum absolute atomic E-state index is 0.0729. The Morgan fingerprint density at radius 2 is 2.22 bits per heavy atom. The van der Waals surface area contributed by atoms with Crippen LogP contribution in [-0.4, -0.2) is 84.4 Å². The van der Waals surface area contributed by atoms with Crippen molar-refractivity contribution in [2.24, 2.45) is 5.16 Å². The van der Waals surface area contributed by atoms with Crippen molar-refractivity contribution in [3.8, 4) is 0 Å². The lowest BCUT2D eigenvalue weighted by Gasteiger charge is -2.49. The second-order valence-corrected chi connectivity index (χ2v) is 8.09. The molecule has 4 N–H and O–H groups in total. The molecule has 172 valence electrons. The topological polar surface area (TPSA) is 200 Å². The Labute approximate surface area is 198 Å². The van der Waals surface area contributed by atoms with Gasteiger partial charge in [-0.3, -0.25) is 14.5 Å². The molecule has 2 amide bonds. The molecule has 0 bridgehead atoms. The number of rotatable bonds is 9. The number of nitrogen functional groups attached to an aromatic ring is 1. The van der Waals surface area contributed by atoms with E-state index >= 15 is 0 Å². The first kappa shape index (κ1) is 23.8. The Morgan fingerprint density at radius 3 is 2.81 bits per heavy atom. The summed E-state index contributed by atoms with van der Waals surface area (Å²) in [6, 6.07) is -1.36. The highest BCUT2D eigenvalue weighted by Gasteiger charge is 2.54. The van der Waals surface area contributed by atoms with Gasteiger partial charge in [0.05, 0.1) is 6.61 Å². The number of hydrogen-bond acceptors (Lipinski definition) is 12. The number of oxime groups is 1. The number of thioether (sulfide) groups is 1. The Bertz CT molecular complexity index is 1010. The number of anilines is 1. The monoisotopic (exact) mass is 580 g/mol. The number of halogens is 1. The van der Waals surface area contributed by atoms with Crippen LogP contribution in [0.3, 0.4) is 0 Å². The first-order valence-corrected chi connectivity index (χ1v) is 11.6. The van der Waals surface area contributed by atoms with Gasteiger partial charge in [-0.05, 0) is 12.5 Å². The summed E-state index contributed by atoms with van der Waals surface area (Å²) in [5.41, 5.74) is 5.43. The fraction of sp³-hybridized carbons (Fsp3) is 0.438. The summed E-state index contributed by atoms with van der Waals surface area (Å²) in [5, 5.41) is 18.4. The zero-order valence-electron chi connectivity index (χ0n) is 16.4. The molecule has 3 heterocycles. The van der Waals surface area contributed by atoms with Crippen molar-refractivity contribution in [1.82, 2.24) is 20.4 Å². The van der Waals surface area contributed by atoms with Gasteiger partial charge in [0.25, 0.3) is 11.8 Å². The number of nitrogens with two attached hydrogens (primary N) is 1. The molecule has 0 aromatic carbocycles. The normalized spacial score (nSPS) is 20.4. The van der Waals surface area contributed by atoms with E-state index in [1.54, 1.807) is 6.92 Å². The van der Waals surface area contributed by atoms with Crippen LogP contribution in [0.15, 0.2) is 20.9 Å². The van der Waals surface area contributed by atoms with Crippen molar-refractivity contribution in [3.63, 3.8) is 0 Å². The molecular weight excluding hydrogens is 563 g/mol. The number of β-lactam (4-membered cyclic amide) rings is 1. The number of esters is 1. The van der Waals surface area contributed by atoms with Crippen LogP contribution in [0.5, 0.6) is 0 Å². The molecule has 2 aliphatic rings. The fourth-order valence-corrected chi connectivity index (χ4v) is 5.21. The highest BCUT2D eigenvalue weighted by atomic mass is 127. The van der Waals surface area contributed by atoms with Crippen molar-refractivity contribution >= 4 is 69.8 Å². The van der Waals surface area contributed by atoms with Crippen molar-refractivity contribution in [3.05, 3.63) is 17.1 Å². The van der Waals surface area contributed by atoms with Gasteiger partial charge in [0.15, 0.2) is 0 Å². The van der Waals surface area contributed by atoms with E-state index < -0.39 is 47.5 Å². The Hall–Kier alpha value is -2.89. The molecule has 0 saturated carbocycles. The highest BCUT2D eigenvalue weighted by molar-refractivity contribution is 14.1. The molecule has 0 spiro atoms. The fourth-order valence-electron chi connectivity index (χ4n) is 2.86. The maximum absolute atomic E-state index is 12.8. The number of hydrogen-bond donors (Lipinski definition) is 3. The molecule has 0 aliphatic carbocycles. The van der Waals surface area contributed by atoms with Crippen molar-refractivity contribution in [2.75, 3.05) is 29.1 Å². The van der Waals surface area contributed by atoms with Gasteiger partial charge in [0.1, 0.15) is 17.1 Å². The molecule has 2 aliphatic heterocycles. The second kappa shape index (κ2) is 10.2. The summed E-state index contributed by atoms with van der Waals surface area (Å²) < 4.78 is 9.78. The lowest BCUT2D eigenvalue weighted by molar-refractivity contribution is -0.150. The summed E-state index contributed by atoms with van der Waals surface area (Å²) in [5.74, 6) is -3.36. The molecule has 1 aromatic rings. The number of aromatic nitrogens is 2. The first-order chi connectivity index (χ1) is 15.3. The van der Waals surface area contributed by atoms with Crippen LogP contribution in [0.4, 0.5) is 6.01 Å². The Balaban J connectivity index is 1.76. The minimum Gasteiger partial charge on any atom is -0.477 e. The van der Waals surface area contributed by atoms with Gasteiger partial charge in [-0.1, -0.05) is 32.9 Å². The largest absolute Gasteiger partial charge is 0.477 e. The number of fused-ring (bicyclic) bond motifs is 1. The van der Waals surface area contributed by atoms with Gasteiger partial charge in [-0.2, -0.15) is 4.98 Å². The first-order valence-electron chi connectivity index (χ1n) is 9.00. The van der Waals surface area contributed by atoms with Crippen LogP contribution in [0.25, 0.3) is 0 Å². The summed E-state index contributed by atoms with van der Waals surface area (Å²) in [6.45, 7) is 1.16. The number of carbonyl (C=O) groups is 4. The Morgan fingerprint density at radius 1 is 1.47 bits per heavy atom. The van der Waals surface area contributed by atoms with E-state index in [-0.39, 0.29) is 24.1 Å². The van der Waals surface area contributed by atoms with Crippen LogP contribution >= 0.6 is 34.4 Å². The standard InChI is InChI=1S/C16H17IN6O8S/c1-2-29-7(24)4-30-21-8(11-20-16(18)31-22-11)12(25)19-9-13(26)23-10(15(27)28)6(3-17)5-32-14(9)23/h9,14H,2-5H2,1H3,(H,19,25)(H,27,28)(H2,18,20,22)/t9?,14-/m0/s1. The van der Waals surface area contributed by atoms with Crippen LogP contribution in [0, 0.1) is 0 Å². The molecule has 0 radical (unpaired) electrons. The van der Waals surface area contributed by atoms with Gasteiger partial charge in [-0.15, -0.1) is 11.8 Å². The summed E-state index contributed by atoms with van der Waals surface area (Å²) in [4.78, 5) is 58.2. The van der Waals surface area contributed by atoms with Gasteiger partial charge < -0.3 is 30.3 Å². The van der Waals surface area contributed by atoms with E-state index in [1.165, 1.54) is 11.8 Å². The molecule has 1 saturated heterocycles. The van der Waals surface area contributed by atoms with E-state index in [4.69, 9.17) is 15.3 Å². The zero-order valence-corrected chi connectivity index (χ0v) is 19.4. The molecule has 3 rings (SSSR count). The molecule has 2 atom stereocenters. The number of carboxylic acid groups (broad SMARTS) is 1. The molecule has 14 nitrogen and oxygen atoms in total. The van der Waals surface area contributed by atoms with Crippen molar-refractivity contribution < 1.29 is 38.4 Å². The smallest absolute Gasteiger partial charge is 0.352 e. The van der Waals surface area contributed by atoms with Crippen molar-refractivity contribution in [1.29, 1.82) is 0 Å². The maximum Gasteiger partial charge on any atom is 0.352 e. The third-order valence-corrected chi connectivity index (χ3v) is 6.47. The van der Waals surface area contributed by atoms with Crippen LogP contribution in [-0.2, 0) is 28.8 Å². The van der Waals surface area contributed by atoms with Crippen LogP contribution < -0.4 is 11.1 Å². The quantitative estimate of drug-likeness (QED) is 0.0814. The number of nitrogens with zero attached hydrogens (tertiary/aromatic N) is 4. The second-order valence-electron chi connectivity index (χ2n) is 6.23. The van der Waals surface area contributed by atoms with Crippen molar-refractivity contribution in [2.45, 2.75) is 18.3 Å². The summed E-state index contributed by atoms with van der Waals surface area (Å²) in [6.07, 6.45) is 0. The number of nitrogens with one attached hydrogen (secondary N) is 1. The molecule has 1 unspecified atom stereocenters. The van der Waals surface area contributed by atoms with Gasteiger partial charge >= 0.3 is 18.0 Å². The third kappa shape index (κ3) is 4.79. The third-order valence-electron chi connectivity index (χ3n) is 4.21. The van der Waals surface area contributed by atoms with Crippen LogP contribution in [0.1, 0.15) is 12.7 Å². The number of ether oxygens (including phenoxy) is 1. The lowest BCUT2D eigenvalue weighted by atomic mass is 10.0. The van der Waals surface area contributed by atoms with E-state index in [2.05, 4.69) is 25.1 Å². The number of carbonyl (C=O) groups excluding carboxylic acids is 3.